The van der Waals surface area contributed by atoms with E-state index in [-0.39, 0.29) is 24.0 Å². The Kier molecular flexibility index (Phi) is 5.53. The van der Waals surface area contributed by atoms with E-state index in [1.807, 2.05) is 56.0 Å². The molecular formula is C16H24N2O2S. The van der Waals surface area contributed by atoms with Crippen molar-refractivity contribution in [3.8, 4) is 0 Å². The van der Waals surface area contributed by atoms with Gasteiger partial charge in [-0.15, -0.1) is 0 Å². The second-order valence-corrected chi connectivity index (χ2v) is 7.53. The van der Waals surface area contributed by atoms with Crippen molar-refractivity contribution in [1.29, 1.82) is 0 Å². The first-order valence-corrected chi connectivity index (χ1v) is 8.99. The van der Waals surface area contributed by atoms with Crippen LogP contribution in [0.2, 0.25) is 0 Å². The summed E-state index contributed by atoms with van der Waals surface area (Å²) in [7, 11) is -0.853. The zero-order valence-corrected chi connectivity index (χ0v) is 13.7. The summed E-state index contributed by atoms with van der Waals surface area (Å²) in [6.07, 6.45) is -0.111. The van der Waals surface area contributed by atoms with Gasteiger partial charge >= 0.3 is 0 Å². The van der Waals surface area contributed by atoms with Crippen LogP contribution >= 0.6 is 0 Å². The largest absolute Gasteiger partial charge is 0.321 e. The number of carbonyl (C=O) groups excluding carboxylic acids is 1. The number of carbonyl (C=O) groups is 1. The van der Waals surface area contributed by atoms with Gasteiger partial charge in [-0.1, -0.05) is 51.1 Å². The van der Waals surface area contributed by atoms with Gasteiger partial charge in [0, 0.05) is 28.9 Å². The topological polar surface area (TPSA) is 49.4 Å². The van der Waals surface area contributed by atoms with Crippen molar-refractivity contribution in [1.82, 2.24) is 10.2 Å². The lowest BCUT2D eigenvalue weighted by molar-refractivity contribution is -0.130. The molecule has 0 bridgehead atoms. The molecule has 1 fully saturated rings. The normalized spacial score (nSPS) is 23.8. The summed E-state index contributed by atoms with van der Waals surface area (Å²) in [5, 5.41) is 3.43. The van der Waals surface area contributed by atoms with Crippen molar-refractivity contribution >= 4 is 16.7 Å². The van der Waals surface area contributed by atoms with Gasteiger partial charge in [-0.2, -0.15) is 0 Å². The Bertz CT molecular complexity index is 504. The van der Waals surface area contributed by atoms with Gasteiger partial charge in [-0.25, -0.2) is 0 Å². The molecule has 1 N–H and O–H groups in total. The fraction of sp³-hybridized carbons (Fsp3) is 0.562. The van der Waals surface area contributed by atoms with Gasteiger partial charge in [-0.05, 0) is 11.5 Å². The summed E-state index contributed by atoms with van der Waals surface area (Å²) in [5.74, 6) is 1.54. The number of hydrogen-bond donors (Lipinski definition) is 1. The van der Waals surface area contributed by atoms with Crippen LogP contribution in [0.25, 0.3) is 0 Å². The molecule has 0 radical (unpaired) electrons. The molecule has 2 rings (SSSR count). The molecule has 1 aliphatic heterocycles. The Morgan fingerprint density at radius 1 is 1.29 bits per heavy atom. The standard InChI is InChI=1S/C16H24N2O2S/c1-4-21(20)11-10-18-15(13-8-6-5-7-9-13)17-14(12(2)3)16(18)19/h5-9,12,14-15,17H,4,10-11H2,1-3H3. The Balaban J connectivity index is 2.19. The molecule has 3 unspecified atom stereocenters. The summed E-state index contributed by atoms with van der Waals surface area (Å²) < 4.78 is 11.7. The summed E-state index contributed by atoms with van der Waals surface area (Å²) in [6.45, 7) is 6.54. The molecule has 0 spiro atoms. The Hall–Kier alpha value is -1.20. The highest BCUT2D eigenvalue weighted by Crippen LogP contribution is 2.27. The molecule has 1 aromatic carbocycles. The van der Waals surface area contributed by atoms with Crippen molar-refractivity contribution in [3.63, 3.8) is 0 Å². The quantitative estimate of drug-likeness (QED) is 0.873. The fourth-order valence-electron chi connectivity index (χ4n) is 2.61. The first-order chi connectivity index (χ1) is 10.0. The molecule has 1 amide bonds. The van der Waals surface area contributed by atoms with Crippen molar-refractivity contribution < 1.29 is 9.00 Å². The Labute approximate surface area is 129 Å². The highest BCUT2D eigenvalue weighted by Gasteiger charge is 2.40. The summed E-state index contributed by atoms with van der Waals surface area (Å²) >= 11 is 0. The van der Waals surface area contributed by atoms with Crippen LogP contribution < -0.4 is 5.32 Å². The van der Waals surface area contributed by atoms with Gasteiger partial charge in [0.05, 0.1) is 6.04 Å². The Morgan fingerprint density at radius 2 is 1.95 bits per heavy atom. The first kappa shape index (κ1) is 16.2. The maximum absolute atomic E-state index is 12.6. The van der Waals surface area contributed by atoms with Gasteiger partial charge < -0.3 is 4.90 Å². The maximum atomic E-state index is 12.6. The van der Waals surface area contributed by atoms with E-state index in [4.69, 9.17) is 0 Å². The van der Waals surface area contributed by atoms with Crippen molar-refractivity contribution in [2.45, 2.75) is 33.0 Å². The average Bonchev–Trinajstić information content (AvgIpc) is 2.82. The van der Waals surface area contributed by atoms with Crippen LogP contribution in [0.4, 0.5) is 0 Å². The molecule has 21 heavy (non-hydrogen) atoms. The van der Waals surface area contributed by atoms with Gasteiger partial charge in [0.1, 0.15) is 6.17 Å². The number of nitrogens with one attached hydrogen (secondary N) is 1. The van der Waals surface area contributed by atoms with Crippen LogP contribution in [0, 0.1) is 5.92 Å². The van der Waals surface area contributed by atoms with Crippen molar-refractivity contribution in [2.24, 2.45) is 5.92 Å². The van der Waals surface area contributed by atoms with E-state index in [9.17, 15) is 9.00 Å². The van der Waals surface area contributed by atoms with E-state index in [0.29, 0.717) is 18.1 Å². The lowest BCUT2D eigenvalue weighted by Gasteiger charge is -2.24. The highest BCUT2D eigenvalue weighted by atomic mass is 32.2. The zero-order chi connectivity index (χ0) is 15.4. The predicted octanol–water partition coefficient (Wildman–Crippen LogP) is 1.91. The van der Waals surface area contributed by atoms with Gasteiger partial charge in [0.2, 0.25) is 5.91 Å². The minimum atomic E-state index is -0.853. The second kappa shape index (κ2) is 7.18. The number of hydrogen-bond acceptors (Lipinski definition) is 3. The van der Waals surface area contributed by atoms with E-state index < -0.39 is 10.8 Å². The molecule has 1 saturated heterocycles. The number of amides is 1. The third-order valence-electron chi connectivity index (χ3n) is 3.86. The zero-order valence-electron chi connectivity index (χ0n) is 12.9. The third-order valence-corrected chi connectivity index (χ3v) is 5.14. The maximum Gasteiger partial charge on any atom is 0.241 e. The van der Waals surface area contributed by atoms with E-state index >= 15 is 0 Å². The Morgan fingerprint density at radius 3 is 2.52 bits per heavy atom. The van der Waals surface area contributed by atoms with Gasteiger partial charge in [0.15, 0.2) is 0 Å². The lowest BCUT2D eigenvalue weighted by atomic mass is 10.1. The number of nitrogens with zero attached hydrogens (tertiary/aromatic N) is 1. The third kappa shape index (κ3) is 3.71. The number of benzene rings is 1. The molecule has 1 aliphatic rings. The lowest BCUT2D eigenvalue weighted by Crippen LogP contribution is -2.36. The van der Waals surface area contributed by atoms with Crippen LogP contribution in [0.3, 0.4) is 0 Å². The number of rotatable bonds is 6. The highest BCUT2D eigenvalue weighted by molar-refractivity contribution is 7.84. The molecule has 0 saturated carbocycles. The molecular weight excluding hydrogens is 284 g/mol. The molecule has 5 heteroatoms. The SMILES string of the molecule is CCS(=O)CCN1C(=O)C(C(C)C)NC1c1ccccc1. The molecule has 0 aromatic heterocycles. The van der Waals surface area contributed by atoms with Crippen molar-refractivity contribution in [2.75, 3.05) is 18.1 Å². The fourth-order valence-corrected chi connectivity index (χ4v) is 3.30. The minimum Gasteiger partial charge on any atom is -0.321 e. The summed E-state index contributed by atoms with van der Waals surface area (Å²) in [5.41, 5.74) is 1.08. The molecule has 1 heterocycles. The summed E-state index contributed by atoms with van der Waals surface area (Å²) in [4.78, 5) is 14.4. The smallest absolute Gasteiger partial charge is 0.241 e. The van der Waals surface area contributed by atoms with Crippen LogP contribution in [-0.2, 0) is 15.6 Å². The average molecular weight is 308 g/mol. The van der Waals surface area contributed by atoms with E-state index in [1.54, 1.807) is 0 Å². The van der Waals surface area contributed by atoms with Crippen LogP contribution in [-0.4, -0.2) is 39.1 Å². The first-order valence-electron chi connectivity index (χ1n) is 7.51. The van der Waals surface area contributed by atoms with E-state index in [2.05, 4.69) is 5.32 Å². The van der Waals surface area contributed by atoms with E-state index in [1.165, 1.54) is 0 Å². The molecule has 3 atom stereocenters. The van der Waals surface area contributed by atoms with E-state index in [0.717, 1.165) is 5.56 Å². The molecule has 1 aromatic rings. The molecule has 116 valence electrons. The van der Waals surface area contributed by atoms with Crippen LogP contribution in [0.5, 0.6) is 0 Å². The summed E-state index contributed by atoms with van der Waals surface area (Å²) in [6, 6.07) is 9.82. The van der Waals surface area contributed by atoms with Gasteiger partial charge in [-0.3, -0.25) is 14.3 Å². The minimum absolute atomic E-state index is 0.111. The molecule has 4 nitrogen and oxygen atoms in total. The second-order valence-electron chi connectivity index (χ2n) is 5.67. The van der Waals surface area contributed by atoms with Gasteiger partial charge in [0.25, 0.3) is 0 Å². The van der Waals surface area contributed by atoms with Crippen molar-refractivity contribution in [3.05, 3.63) is 35.9 Å². The van der Waals surface area contributed by atoms with Crippen LogP contribution in [0.15, 0.2) is 30.3 Å². The molecule has 0 aliphatic carbocycles. The van der Waals surface area contributed by atoms with Crippen LogP contribution in [0.1, 0.15) is 32.5 Å². The predicted molar refractivity (Wildman–Crippen MR) is 86.2 cm³/mol. The monoisotopic (exact) mass is 308 g/mol.